The van der Waals surface area contributed by atoms with Crippen molar-refractivity contribution in [2.24, 2.45) is 0 Å². The standard InChI is InChI=1S/C17H17NO2/c19-11-16(13-6-2-1-3-7-13)18-10-14-12-20-17-9-5-4-8-15(14)17/h1-9,12,16,18-19H,10-11H2/t16-/m0/s1. The first kappa shape index (κ1) is 12.9. The summed E-state index contributed by atoms with van der Waals surface area (Å²) >= 11 is 0. The van der Waals surface area contributed by atoms with E-state index < -0.39 is 0 Å². The molecule has 2 N–H and O–H groups in total. The molecule has 3 nitrogen and oxygen atoms in total. The summed E-state index contributed by atoms with van der Waals surface area (Å²) in [7, 11) is 0. The molecule has 0 spiro atoms. The highest BCUT2D eigenvalue weighted by atomic mass is 16.3. The molecule has 1 aromatic heterocycles. The van der Waals surface area contributed by atoms with Gasteiger partial charge in [-0.1, -0.05) is 48.5 Å². The van der Waals surface area contributed by atoms with Crippen LogP contribution < -0.4 is 5.32 Å². The van der Waals surface area contributed by atoms with Gasteiger partial charge in [0.1, 0.15) is 5.58 Å². The van der Waals surface area contributed by atoms with Crippen molar-refractivity contribution < 1.29 is 9.52 Å². The normalized spacial score (nSPS) is 12.7. The summed E-state index contributed by atoms with van der Waals surface area (Å²) in [6.45, 7) is 0.733. The van der Waals surface area contributed by atoms with E-state index in [1.54, 1.807) is 6.26 Å². The second-order valence-corrected chi connectivity index (χ2v) is 4.78. The maximum absolute atomic E-state index is 9.54. The van der Waals surface area contributed by atoms with Crippen molar-refractivity contribution in [3.8, 4) is 0 Å². The lowest BCUT2D eigenvalue weighted by Crippen LogP contribution is -2.23. The Morgan fingerprint density at radius 1 is 1.00 bits per heavy atom. The van der Waals surface area contributed by atoms with Gasteiger partial charge < -0.3 is 14.8 Å². The third-order valence-corrected chi connectivity index (χ3v) is 3.48. The van der Waals surface area contributed by atoms with Crippen LogP contribution in [0.1, 0.15) is 17.2 Å². The first-order chi connectivity index (χ1) is 9.88. The predicted molar refractivity (Wildman–Crippen MR) is 79.3 cm³/mol. The van der Waals surface area contributed by atoms with E-state index in [9.17, 15) is 5.11 Å². The molecule has 2 aromatic carbocycles. The zero-order valence-corrected chi connectivity index (χ0v) is 11.1. The van der Waals surface area contributed by atoms with Gasteiger partial charge in [0.15, 0.2) is 0 Å². The fourth-order valence-electron chi connectivity index (χ4n) is 2.38. The van der Waals surface area contributed by atoms with E-state index in [0.717, 1.165) is 22.1 Å². The van der Waals surface area contributed by atoms with Gasteiger partial charge in [-0.2, -0.15) is 0 Å². The highest BCUT2D eigenvalue weighted by Gasteiger charge is 2.11. The van der Waals surface area contributed by atoms with Crippen LogP contribution in [0.4, 0.5) is 0 Å². The molecule has 0 aliphatic rings. The Morgan fingerprint density at radius 3 is 2.55 bits per heavy atom. The third kappa shape index (κ3) is 2.59. The molecule has 102 valence electrons. The molecule has 0 amide bonds. The second kappa shape index (κ2) is 5.90. The van der Waals surface area contributed by atoms with E-state index in [2.05, 4.69) is 5.32 Å². The molecule has 0 aliphatic carbocycles. The Kier molecular flexibility index (Phi) is 3.81. The average Bonchev–Trinajstić information content (AvgIpc) is 2.92. The van der Waals surface area contributed by atoms with Crippen LogP contribution in [0.5, 0.6) is 0 Å². The molecule has 3 aromatic rings. The molecule has 0 unspecified atom stereocenters. The van der Waals surface area contributed by atoms with Gasteiger partial charge in [-0.3, -0.25) is 0 Å². The van der Waals surface area contributed by atoms with Crippen molar-refractivity contribution in [2.45, 2.75) is 12.6 Å². The Balaban J connectivity index is 1.75. The lowest BCUT2D eigenvalue weighted by Gasteiger charge is -2.16. The van der Waals surface area contributed by atoms with E-state index in [-0.39, 0.29) is 12.6 Å². The van der Waals surface area contributed by atoms with E-state index in [1.807, 2.05) is 54.6 Å². The summed E-state index contributed by atoms with van der Waals surface area (Å²) in [6.07, 6.45) is 1.77. The highest BCUT2D eigenvalue weighted by Crippen LogP contribution is 2.21. The molecule has 20 heavy (non-hydrogen) atoms. The van der Waals surface area contributed by atoms with Crippen molar-refractivity contribution in [3.05, 3.63) is 72.0 Å². The maximum atomic E-state index is 9.54. The van der Waals surface area contributed by atoms with Gasteiger partial charge in [0, 0.05) is 17.5 Å². The van der Waals surface area contributed by atoms with Crippen LogP contribution in [0.2, 0.25) is 0 Å². The van der Waals surface area contributed by atoms with Gasteiger partial charge in [-0.05, 0) is 11.6 Å². The number of fused-ring (bicyclic) bond motifs is 1. The third-order valence-electron chi connectivity index (χ3n) is 3.48. The topological polar surface area (TPSA) is 45.4 Å². The molecule has 0 saturated heterocycles. The number of hydrogen-bond acceptors (Lipinski definition) is 3. The van der Waals surface area contributed by atoms with Crippen molar-refractivity contribution in [3.63, 3.8) is 0 Å². The number of para-hydroxylation sites is 1. The fraction of sp³-hybridized carbons (Fsp3) is 0.176. The van der Waals surface area contributed by atoms with Crippen LogP contribution in [-0.4, -0.2) is 11.7 Å². The van der Waals surface area contributed by atoms with Crippen molar-refractivity contribution >= 4 is 11.0 Å². The molecule has 0 saturated carbocycles. The molecule has 0 aliphatic heterocycles. The van der Waals surface area contributed by atoms with E-state index in [4.69, 9.17) is 4.42 Å². The predicted octanol–water partition coefficient (Wildman–Crippen LogP) is 3.26. The number of aliphatic hydroxyl groups is 1. The van der Waals surface area contributed by atoms with Crippen molar-refractivity contribution in [2.75, 3.05) is 6.61 Å². The maximum Gasteiger partial charge on any atom is 0.134 e. The zero-order valence-electron chi connectivity index (χ0n) is 11.1. The second-order valence-electron chi connectivity index (χ2n) is 4.78. The minimum atomic E-state index is -0.0649. The number of aliphatic hydroxyl groups excluding tert-OH is 1. The first-order valence-electron chi connectivity index (χ1n) is 6.73. The summed E-state index contributed by atoms with van der Waals surface area (Å²) < 4.78 is 5.52. The molecule has 1 heterocycles. The molecule has 1 atom stereocenters. The Hall–Kier alpha value is -2.10. The largest absolute Gasteiger partial charge is 0.464 e. The Morgan fingerprint density at radius 2 is 1.75 bits per heavy atom. The van der Waals surface area contributed by atoms with Gasteiger partial charge in [0.2, 0.25) is 0 Å². The molecular weight excluding hydrogens is 250 g/mol. The van der Waals surface area contributed by atoms with E-state index >= 15 is 0 Å². The minimum Gasteiger partial charge on any atom is -0.464 e. The van der Waals surface area contributed by atoms with Gasteiger partial charge >= 0.3 is 0 Å². The quantitative estimate of drug-likeness (QED) is 0.746. The van der Waals surface area contributed by atoms with Crippen molar-refractivity contribution in [1.29, 1.82) is 0 Å². The van der Waals surface area contributed by atoms with Gasteiger partial charge in [0.05, 0.1) is 18.9 Å². The van der Waals surface area contributed by atoms with Gasteiger partial charge in [-0.15, -0.1) is 0 Å². The minimum absolute atomic E-state index is 0.0649. The number of furan rings is 1. The summed E-state index contributed by atoms with van der Waals surface area (Å²) in [5, 5.41) is 14.0. The molecule has 0 radical (unpaired) electrons. The SMILES string of the molecule is OC[C@H](NCc1coc2ccccc12)c1ccccc1. The van der Waals surface area contributed by atoms with Crippen LogP contribution in [0, 0.1) is 0 Å². The van der Waals surface area contributed by atoms with Crippen LogP contribution >= 0.6 is 0 Å². The van der Waals surface area contributed by atoms with Gasteiger partial charge in [0.25, 0.3) is 0 Å². The number of benzene rings is 2. The fourth-order valence-corrected chi connectivity index (χ4v) is 2.38. The Labute approximate surface area is 117 Å². The van der Waals surface area contributed by atoms with Crippen LogP contribution in [0.15, 0.2) is 65.3 Å². The summed E-state index contributed by atoms with van der Waals surface area (Å²) in [4.78, 5) is 0. The first-order valence-corrected chi connectivity index (χ1v) is 6.73. The number of nitrogens with one attached hydrogen (secondary N) is 1. The molecule has 0 fully saturated rings. The van der Waals surface area contributed by atoms with Crippen LogP contribution in [0.25, 0.3) is 11.0 Å². The van der Waals surface area contributed by atoms with E-state index in [1.165, 1.54) is 0 Å². The monoisotopic (exact) mass is 267 g/mol. The molecule has 0 bridgehead atoms. The average molecular weight is 267 g/mol. The summed E-state index contributed by atoms with van der Waals surface area (Å²) in [5.41, 5.74) is 3.09. The summed E-state index contributed by atoms with van der Waals surface area (Å²) in [5.74, 6) is 0. The highest BCUT2D eigenvalue weighted by molar-refractivity contribution is 5.80. The van der Waals surface area contributed by atoms with Gasteiger partial charge in [-0.25, -0.2) is 0 Å². The zero-order chi connectivity index (χ0) is 13.8. The lowest BCUT2D eigenvalue weighted by molar-refractivity contribution is 0.243. The van der Waals surface area contributed by atoms with E-state index in [0.29, 0.717) is 6.54 Å². The van der Waals surface area contributed by atoms with Crippen LogP contribution in [0.3, 0.4) is 0 Å². The molecular formula is C17H17NO2. The number of rotatable bonds is 5. The lowest BCUT2D eigenvalue weighted by atomic mass is 10.1. The number of hydrogen-bond donors (Lipinski definition) is 2. The van der Waals surface area contributed by atoms with Crippen LogP contribution in [-0.2, 0) is 6.54 Å². The van der Waals surface area contributed by atoms with Crippen molar-refractivity contribution in [1.82, 2.24) is 5.32 Å². The smallest absolute Gasteiger partial charge is 0.134 e. The summed E-state index contributed by atoms with van der Waals surface area (Å²) in [6, 6.07) is 17.9. The Bertz CT molecular complexity index is 676. The molecule has 3 rings (SSSR count). The molecule has 3 heteroatoms.